The number of hydrogen-bond donors (Lipinski definition) is 2. The monoisotopic (exact) mass is 249 g/mol. The summed E-state index contributed by atoms with van der Waals surface area (Å²) in [5, 5.41) is 11.5. The van der Waals surface area contributed by atoms with E-state index in [-0.39, 0.29) is 11.8 Å². The lowest BCUT2D eigenvalue weighted by molar-refractivity contribution is -0.142. The normalized spacial score (nSPS) is 15.1. The first-order chi connectivity index (χ1) is 8.61. The highest BCUT2D eigenvalue weighted by atomic mass is 16.4. The van der Waals surface area contributed by atoms with Gasteiger partial charge in [-0.3, -0.25) is 9.59 Å². The van der Waals surface area contributed by atoms with Crippen LogP contribution in [-0.4, -0.2) is 41.6 Å². The fourth-order valence-electron chi connectivity index (χ4n) is 1.79. The molecule has 2 N–H and O–H groups in total. The van der Waals surface area contributed by atoms with E-state index in [1.807, 2.05) is 11.8 Å². The molecule has 0 atom stereocenters. The number of carboxylic acid groups (broad SMARTS) is 1. The first-order valence-corrected chi connectivity index (χ1v) is 5.83. The number of carbonyl (C=O) groups is 2. The Labute approximate surface area is 105 Å². The van der Waals surface area contributed by atoms with E-state index in [1.54, 1.807) is 12.1 Å². The molecule has 0 unspecified atom stereocenters. The molecule has 18 heavy (non-hydrogen) atoms. The summed E-state index contributed by atoms with van der Waals surface area (Å²) in [4.78, 5) is 28.2. The molecule has 1 aromatic heterocycles. The number of aliphatic carboxylic acids is 1. The number of carbonyl (C=O) groups excluding carboxylic acids is 1. The topological polar surface area (TPSA) is 82.5 Å². The third kappa shape index (κ3) is 2.42. The number of hydrogen-bond acceptors (Lipinski definition) is 4. The Balaban J connectivity index is 1.97. The summed E-state index contributed by atoms with van der Waals surface area (Å²) in [5.41, 5.74) is 0.510. The zero-order valence-corrected chi connectivity index (χ0v) is 10.1. The van der Waals surface area contributed by atoms with Crippen LogP contribution >= 0.6 is 0 Å². The van der Waals surface area contributed by atoms with Crippen LogP contribution < -0.4 is 10.2 Å². The third-order valence-electron chi connectivity index (χ3n) is 2.90. The average molecular weight is 249 g/mol. The van der Waals surface area contributed by atoms with Crippen molar-refractivity contribution in [1.29, 1.82) is 0 Å². The Hall–Kier alpha value is -2.11. The number of nitrogens with zero attached hydrogens (tertiary/aromatic N) is 2. The fourth-order valence-corrected chi connectivity index (χ4v) is 1.79. The van der Waals surface area contributed by atoms with Gasteiger partial charge in [0.05, 0.1) is 11.5 Å². The molecule has 96 valence electrons. The quantitative estimate of drug-likeness (QED) is 0.804. The highest BCUT2D eigenvalue weighted by Gasteiger charge is 2.33. The van der Waals surface area contributed by atoms with Crippen molar-refractivity contribution in [2.75, 3.05) is 24.5 Å². The van der Waals surface area contributed by atoms with Crippen molar-refractivity contribution in [1.82, 2.24) is 10.3 Å². The smallest absolute Gasteiger partial charge is 0.310 e. The van der Waals surface area contributed by atoms with Gasteiger partial charge in [-0.05, 0) is 19.1 Å². The largest absolute Gasteiger partial charge is 0.481 e. The maximum Gasteiger partial charge on any atom is 0.310 e. The number of rotatable bonds is 4. The predicted molar refractivity (Wildman–Crippen MR) is 65.6 cm³/mol. The van der Waals surface area contributed by atoms with Crippen LogP contribution in [0.3, 0.4) is 0 Å². The summed E-state index contributed by atoms with van der Waals surface area (Å²) < 4.78 is 0. The zero-order chi connectivity index (χ0) is 13.1. The summed E-state index contributed by atoms with van der Waals surface area (Å²) in [6.45, 7) is 3.38. The molecule has 1 fully saturated rings. The maximum absolute atomic E-state index is 11.5. The molecular formula is C12H15N3O3. The Bertz CT molecular complexity index is 452. The van der Waals surface area contributed by atoms with Gasteiger partial charge < -0.3 is 15.3 Å². The van der Waals surface area contributed by atoms with Gasteiger partial charge in [0, 0.05) is 25.8 Å². The van der Waals surface area contributed by atoms with E-state index in [0.29, 0.717) is 31.0 Å². The SMILES string of the molecule is CCNC(=O)c1ccc(N2CC(C(=O)O)C2)nc1. The van der Waals surface area contributed by atoms with E-state index < -0.39 is 5.97 Å². The second-order valence-corrected chi connectivity index (χ2v) is 4.20. The second kappa shape index (κ2) is 5.03. The predicted octanol–water partition coefficient (Wildman–Crippen LogP) is 0.352. The molecule has 0 saturated carbocycles. The molecule has 1 aromatic rings. The second-order valence-electron chi connectivity index (χ2n) is 4.20. The van der Waals surface area contributed by atoms with Crippen molar-refractivity contribution in [3.63, 3.8) is 0 Å². The third-order valence-corrected chi connectivity index (χ3v) is 2.90. The van der Waals surface area contributed by atoms with Crippen molar-refractivity contribution in [2.24, 2.45) is 5.92 Å². The molecule has 2 heterocycles. The van der Waals surface area contributed by atoms with Gasteiger partial charge in [0.25, 0.3) is 5.91 Å². The molecule has 0 aromatic carbocycles. The molecular weight excluding hydrogens is 234 g/mol. The van der Waals surface area contributed by atoms with Crippen LogP contribution in [0.25, 0.3) is 0 Å². The van der Waals surface area contributed by atoms with Gasteiger partial charge in [-0.1, -0.05) is 0 Å². The van der Waals surface area contributed by atoms with Crippen LogP contribution in [0.15, 0.2) is 18.3 Å². The molecule has 1 saturated heterocycles. The number of anilines is 1. The number of carboxylic acids is 1. The van der Waals surface area contributed by atoms with Crippen molar-refractivity contribution < 1.29 is 14.7 Å². The lowest BCUT2D eigenvalue weighted by atomic mass is 10.0. The first-order valence-electron chi connectivity index (χ1n) is 5.83. The standard InChI is InChI=1S/C12H15N3O3/c1-2-13-11(16)8-3-4-10(14-5-8)15-6-9(7-15)12(17)18/h3-5,9H,2,6-7H2,1H3,(H,13,16)(H,17,18). The summed E-state index contributed by atoms with van der Waals surface area (Å²) in [6, 6.07) is 3.43. The van der Waals surface area contributed by atoms with Crippen molar-refractivity contribution in [2.45, 2.75) is 6.92 Å². The van der Waals surface area contributed by atoms with Gasteiger partial charge in [-0.2, -0.15) is 0 Å². The number of amides is 1. The van der Waals surface area contributed by atoms with E-state index in [1.165, 1.54) is 6.20 Å². The van der Waals surface area contributed by atoms with E-state index in [4.69, 9.17) is 5.11 Å². The van der Waals surface area contributed by atoms with Crippen LogP contribution in [-0.2, 0) is 4.79 Å². The fraction of sp³-hybridized carbons (Fsp3) is 0.417. The van der Waals surface area contributed by atoms with Gasteiger partial charge in [0.1, 0.15) is 5.82 Å². The minimum Gasteiger partial charge on any atom is -0.481 e. The Kier molecular flexibility index (Phi) is 3.45. The minimum atomic E-state index is -0.773. The Morgan fingerprint density at radius 1 is 1.50 bits per heavy atom. The summed E-state index contributed by atoms with van der Waals surface area (Å²) in [7, 11) is 0. The highest BCUT2D eigenvalue weighted by molar-refractivity contribution is 5.94. The zero-order valence-electron chi connectivity index (χ0n) is 10.1. The van der Waals surface area contributed by atoms with Gasteiger partial charge in [0.15, 0.2) is 0 Å². The van der Waals surface area contributed by atoms with Gasteiger partial charge >= 0.3 is 5.97 Å². The molecule has 0 spiro atoms. The van der Waals surface area contributed by atoms with Crippen molar-refractivity contribution in [3.05, 3.63) is 23.9 Å². The van der Waals surface area contributed by atoms with Crippen molar-refractivity contribution >= 4 is 17.7 Å². The number of nitrogens with one attached hydrogen (secondary N) is 1. The van der Waals surface area contributed by atoms with Crippen LogP contribution in [0.5, 0.6) is 0 Å². The average Bonchev–Trinajstić information content (AvgIpc) is 2.27. The molecule has 6 heteroatoms. The lowest BCUT2D eigenvalue weighted by Crippen LogP contribution is -2.50. The van der Waals surface area contributed by atoms with Gasteiger partial charge in [-0.25, -0.2) is 4.98 Å². The van der Waals surface area contributed by atoms with E-state index in [2.05, 4.69) is 10.3 Å². The Morgan fingerprint density at radius 2 is 2.22 bits per heavy atom. The van der Waals surface area contributed by atoms with E-state index in [9.17, 15) is 9.59 Å². The molecule has 2 rings (SSSR count). The molecule has 6 nitrogen and oxygen atoms in total. The van der Waals surface area contributed by atoms with Gasteiger partial charge in [0.2, 0.25) is 0 Å². The minimum absolute atomic E-state index is 0.149. The lowest BCUT2D eigenvalue weighted by Gasteiger charge is -2.37. The summed E-state index contributed by atoms with van der Waals surface area (Å²) in [5.74, 6) is -0.524. The highest BCUT2D eigenvalue weighted by Crippen LogP contribution is 2.22. The first kappa shape index (κ1) is 12.3. The maximum atomic E-state index is 11.5. The van der Waals surface area contributed by atoms with Crippen LogP contribution in [0, 0.1) is 5.92 Å². The number of aromatic nitrogens is 1. The Morgan fingerprint density at radius 3 is 2.72 bits per heavy atom. The molecule has 0 aliphatic carbocycles. The molecule has 1 aliphatic heterocycles. The van der Waals surface area contributed by atoms with Crippen LogP contribution in [0.2, 0.25) is 0 Å². The van der Waals surface area contributed by atoms with Gasteiger partial charge in [-0.15, -0.1) is 0 Å². The van der Waals surface area contributed by atoms with Crippen LogP contribution in [0.1, 0.15) is 17.3 Å². The van der Waals surface area contributed by atoms with E-state index in [0.717, 1.165) is 0 Å². The molecule has 0 bridgehead atoms. The summed E-state index contributed by atoms with van der Waals surface area (Å²) >= 11 is 0. The number of pyridine rings is 1. The summed E-state index contributed by atoms with van der Waals surface area (Å²) in [6.07, 6.45) is 1.51. The molecule has 0 radical (unpaired) electrons. The molecule has 1 amide bonds. The molecule has 1 aliphatic rings. The van der Waals surface area contributed by atoms with E-state index >= 15 is 0 Å². The van der Waals surface area contributed by atoms with Crippen molar-refractivity contribution in [3.8, 4) is 0 Å². The van der Waals surface area contributed by atoms with Crippen LogP contribution in [0.4, 0.5) is 5.82 Å².